The van der Waals surface area contributed by atoms with E-state index in [4.69, 9.17) is 9.15 Å². The maximum absolute atomic E-state index is 14.3. The number of hydrogen-bond acceptors (Lipinski definition) is 5. The van der Waals surface area contributed by atoms with E-state index in [0.717, 1.165) is 5.56 Å². The third-order valence-electron chi connectivity index (χ3n) is 4.60. The predicted molar refractivity (Wildman–Crippen MR) is 113 cm³/mol. The third-order valence-corrected chi connectivity index (χ3v) is 4.60. The van der Waals surface area contributed by atoms with Gasteiger partial charge in [-0.25, -0.2) is 9.78 Å². The molecule has 3 rings (SSSR count). The Morgan fingerprint density at radius 2 is 1.97 bits per heavy atom. The number of hydrogen-bond donors (Lipinski definition) is 1. The number of carbonyl (C=O) groups is 1. The minimum absolute atomic E-state index is 0.105. The Bertz CT molecular complexity index is 1180. The van der Waals surface area contributed by atoms with Gasteiger partial charge in [0, 0.05) is 17.3 Å². The number of halogens is 1. The van der Waals surface area contributed by atoms with Crippen molar-refractivity contribution in [1.82, 2.24) is 10.3 Å². The van der Waals surface area contributed by atoms with E-state index >= 15 is 0 Å². The summed E-state index contributed by atoms with van der Waals surface area (Å²) < 4.78 is 25.7. The van der Waals surface area contributed by atoms with Crippen LogP contribution in [0.25, 0.3) is 22.3 Å². The molecule has 0 aliphatic carbocycles. The number of benzene rings is 1. The highest BCUT2D eigenvalue weighted by molar-refractivity contribution is 5.84. The lowest BCUT2D eigenvalue weighted by Gasteiger charge is -2.22. The van der Waals surface area contributed by atoms with E-state index in [-0.39, 0.29) is 22.3 Å². The first-order valence-corrected chi connectivity index (χ1v) is 9.66. The second kappa shape index (κ2) is 7.89. The van der Waals surface area contributed by atoms with Crippen molar-refractivity contribution in [3.63, 3.8) is 0 Å². The number of nitrogens with one attached hydrogen (secondary N) is 1. The van der Waals surface area contributed by atoms with Gasteiger partial charge in [-0.05, 0) is 65.3 Å². The number of pyridine rings is 1. The average Bonchev–Trinajstić information content (AvgIpc) is 2.63. The Balaban J connectivity index is 2.17. The highest BCUT2D eigenvalue weighted by atomic mass is 19.1. The third kappa shape index (κ3) is 4.35. The molecule has 0 fully saturated rings. The molecule has 6 nitrogen and oxygen atoms in total. The fourth-order valence-corrected chi connectivity index (χ4v) is 3.26. The maximum atomic E-state index is 14.3. The summed E-state index contributed by atoms with van der Waals surface area (Å²) in [6.07, 6.45) is 0.743. The molecule has 0 unspecified atom stereocenters. The van der Waals surface area contributed by atoms with Crippen LogP contribution in [-0.4, -0.2) is 16.7 Å². The number of aryl methyl sites for hydroxylation is 1. The first-order valence-electron chi connectivity index (χ1n) is 9.66. The summed E-state index contributed by atoms with van der Waals surface area (Å²) in [6, 6.07) is 6.12. The minimum Gasteiger partial charge on any atom is -0.455 e. The smallest absolute Gasteiger partial charge is 0.408 e. The van der Waals surface area contributed by atoms with Crippen molar-refractivity contribution in [2.24, 2.45) is 0 Å². The molecule has 1 amide bonds. The van der Waals surface area contributed by atoms with Gasteiger partial charge in [0.15, 0.2) is 5.43 Å². The Kier molecular flexibility index (Phi) is 5.65. The van der Waals surface area contributed by atoms with Crippen LogP contribution in [0.4, 0.5) is 9.18 Å². The van der Waals surface area contributed by atoms with Gasteiger partial charge in [-0.2, -0.15) is 4.39 Å². The van der Waals surface area contributed by atoms with Crippen molar-refractivity contribution in [3.8, 4) is 11.3 Å². The zero-order chi connectivity index (χ0) is 22.2. The Morgan fingerprint density at radius 1 is 1.27 bits per heavy atom. The molecule has 0 spiro atoms. The van der Waals surface area contributed by atoms with Gasteiger partial charge in [-0.15, -0.1) is 0 Å². The lowest BCUT2D eigenvalue weighted by Crippen LogP contribution is -2.34. The normalized spacial score (nSPS) is 12.6. The average molecular weight is 412 g/mol. The summed E-state index contributed by atoms with van der Waals surface area (Å²) in [6.45, 7) is 10.5. The van der Waals surface area contributed by atoms with Crippen LogP contribution in [0.1, 0.15) is 50.4 Å². The maximum Gasteiger partial charge on any atom is 0.408 e. The van der Waals surface area contributed by atoms with Crippen molar-refractivity contribution in [2.45, 2.75) is 53.2 Å². The van der Waals surface area contributed by atoms with E-state index in [1.165, 1.54) is 12.3 Å². The van der Waals surface area contributed by atoms with E-state index in [1.807, 2.05) is 13.0 Å². The van der Waals surface area contributed by atoms with Gasteiger partial charge in [0.05, 0.1) is 17.0 Å². The highest BCUT2D eigenvalue weighted by Crippen LogP contribution is 2.31. The molecule has 0 saturated heterocycles. The van der Waals surface area contributed by atoms with Crippen LogP contribution in [0.3, 0.4) is 0 Å². The number of amides is 1. The van der Waals surface area contributed by atoms with Crippen molar-refractivity contribution in [2.75, 3.05) is 0 Å². The topological polar surface area (TPSA) is 81.4 Å². The molecule has 0 radical (unpaired) electrons. The molecule has 1 atom stereocenters. The number of alkyl carbamates (subject to hydrolysis) is 1. The van der Waals surface area contributed by atoms with Crippen molar-refractivity contribution >= 4 is 17.1 Å². The molecule has 1 aromatic carbocycles. The van der Waals surface area contributed by atoms with Crippen LogP contribution in [0.2, 0.25) is 0 Å². The molecule has 2 aromatic heterocycles. The number of carbonyl (C=O) groups excluding carboxylic acids is 1. The van der Waals surface area contributed by atoms with Crippen molar-refractivity contribution < 1.29 is 18.3 Å². The Labute approximate surface area is 174 Å². The van der Waals surface area contributed by atoms with Gasteiger partial charge >= 0.3 is 6.09 Å². The fourth-order valence-electron chi connectivity index (χ4n) is 3.26. The van der Waals surface area contributed by atoms with E-state index in [9.17, 15) is 14.0 Å². The summed E-state index contributed by atoms with van der Waals surface area (Å²) in [7, 11) is 0. The predicted octanol–water partition coefficient (Wildman–Crippen LogP) is 5.20. The van der Waals surface area contributed by atoms with E-state index < -0.39 is 23.7 Å². The first kappa shape index (κ1) is 21.5. The number of rotatable bonds is 3. The molecular weight excluding hydrogens is 387 g/mol. The molecule has 3 aromatic rings. The molecule has 158 valence electrons. The van der Waals surface area contributed by atoms with Gasteiger partial charge in [0.2, 0.25) is 5.95 Å². The largest absolute Gasteiger partial charge is 0.455 e. The molecule has 30 heavy (non-hydrogen) atoms. The standard InChI is InChI=1S/C23H25FN2O4/c1-12-10-16(14(3)26-22(28)30-23(4,5)6)20-17(11-12)18(27)13(2)19(29-20)15-8-7-9-25-21(15)24/h7-11,14H,1-6H3,(H,26,28)/t14-/m1/s1. The lowest BCUT2D eigenvalue weighted by molar-refractivity contribution is 0.0508. The first-order chi connectivity index (χ1) is 14.0. The van der Waals surface area contributed by atoms with Crippen LogP contribution in [0, 0.1) is 19.8 Å². The molecule has 7 heteroatoms. The number of fused-ring (bicyclic) bond motifs is 1. The molecule has 2 heterocycles. The highest BCUT2D eigenvalue weighted by Gasteiger charge is 2.23. The van der Waals surface area contributed by atoms with Crippen molar-refractivity contribution in [3.05, 3.63) is 63.3 Å². The Morgan fingerprint density at radius 3 is 2.60 bits per heavy atom. The fraction of sp³-hybridized carbons (Fsp3) is 0.348. The van der Waals surface area contributed by atoms with Gasteiger partial charge in [-0.3, -0.25) is 4.79 Å². The summed E-state index contributed by atoms with van der Waals surface area (Å²) in [5.41, 5.74) is 1.21. The number of aromatic nitrogens is 1. The molecule has 1 N–H and O–H groups in total. The SMILES string of the molecule is Cc1cc([C@@H](C)NC(=O)OC(C)(C)C)c2oc(-c3cccnc3F)c(C)c(=O)c2c1. The summed E-state index contributed by atoms with van der Waals surface area (Å²) >= 11 is 0. The molecule has 0 saturated carbocycles. The van der Waals surface area contributed by atoms with Gasteiger partial charge in [0.1, 0.15) is 16.9 Å². The zero-order valence-electron chi connectivity index (χ0n) is 17.9. The zero-order valence-corrected chi connectivity index (χ0v) is 17.9. The van der Waals surface area contributed by atoms with Crippen LogP contribution in [0.5, 0.6) is 0 Å². The summed E-state index contributed by atoms with van der Waals surface area (Å²) in [5, 5.41) is 3.14. The van der Waals surface area contributed by atoms with Gasteiger partial charge < -0.3 is 14.5 Å². The number of nitrogens with zero attached hydrogens (tertiary/aromatic N) is 1. The summed E-state index contributed by atoms with van der Waals surface area (Å²) in [4.78, 5) is 28.9. The van der Waals surface area contributed by atoms with Crippen LogP contribution >= 0.6 is 0 Å². The molecular formula is C23H25FN2O4. The van der Waals surface area contributed by atoms with E-state index in [1.54, 1.807) is 46.8 Å². The van der Waals surface area contributed by atoms with Crippen LogP contribution in [-0.2, 0) is 4.74 Å². The second-order valence-corrected chi connectivity index (χ2v) is 8.33. The second-order valence-electron chi connectivity index (χ2n) is 8.33. The van der Waals surface area contributed by atoms with E-state index in [2.05, 4.69) is 10.3 Å². The lowest BCUT2D eigenvalue weighted by atomic mass is 9.99. The molecule has 0 aliphatic heterocycles. The van der Waals surface area contributed by atoms with Crippen LogP contribution in [0.15, 0.2) is 39.7 Å². The Hall–Kier alpha value is -3.22. The van der Waals surface area contributed by atoms with Gasteiger partial charge in [0.25, 0.3) is 0 Å². The van der Waals surface area contributed by atoms with Crippen LogP contribution < -0.4 is 10.7 Å². The van der Waals surface area contributed by atoms with Gasteiger partial charge in [-0.1, -0.05) is 6.07 Å². The van der Waals surface area contributed by atoms with E-state index in [0.29, 0.717) is 16.5 Å². The molecule has 0 aliphatic rings. The quantitative estimate of drug-likeness (QED) is 0.598. The monoisotopic (exact) mass is 412 g/mol. The minimum atomic E-state index is -0.725. The summed E-state index contributed by atoms with van der Waals surface area (Å²) in [5.74, 6) is -0.607. The molecule has 0 bridgehead atoms. The number of ether oxygens (including phenoxy) is 1. The van der Waals surface area contributed by atoms with Crippen molar-refractivity contribution in [1.29, 1.82) is 0 Å².